The van der Waals surface area contributed by atoms with E-state index >= 15 is 0 Å². The molecule has 4 aromatic heterocycles. The zero-order chi connectivity index (χ0) is 24.7. The van der Waals surface area contributed by atoms with E-state index in [-0.39, 0.29) is 17.5 Å². The summed E-state index contributed by atoms with van der Waals surface area (Å²) in [6, 6.07) is 5.75. The summed E-state index contributed by atoms with van der Waals surface area (Å²) in [5, 5.41) is 11.1. The lowest BCUT2D eigenvalue weighted by atomic mass is 9.81. The summed E-state index contributed by atoms with van der Waals surface area (Å²) < 4.78 is 29.3. The standard InChI is InChI=1S/C24H28F2N8O/c1-14-28-19-5-4-18(30-22(19)33(14)13-21(25)26)17-8-11-34-20(17)12-27-23(32-34)29-16-6-9-24(3,10-7-16)31-15(2)35/h4-5,8,11-12,16,21H,6-7,9-10,13H2,1-3H3,(H,29,32)(H,31,35). The van der Waals surface area contributed by atoms with Crippen LogP contribution >= 0.6 is 0 Å². The van der Waals surface area contributed by atoms with Crippen molar-refractivity contribution < 1.29 is 13.6 Å². The maximum absolute atomic E-state index is 13.1. The van der Waals surface area contributed by atoms with E-state index in [9.17, 15) is 13.6 Å². The minimum atomic E-state index is -2.49. The maximum Gasteiger partial charge on any atom is 0.256 e. The molecule has 0 aromatic carbocycles. The molecule has 0 saturated heterocycles. The number of nitrogens with zero attached hydrogens (tertiary/aromatic N) is 6. The highest BCUT2D eigenvalue weighted by Gasteiger charge is 2.32. The molecule has 9 nitrogen and oxygen atoms in total. The van der Waals surface area contributed by atoms with E-state index in [1.54, 1.807) is 30.6 Å². The van der Waals surface area contributed by atoms with Gasteiger partial charge in [-0.05, 0) is 57.7 Å². The molecule has 4 heterocycles. The van der Waals surface area contributed by atoms with Crippen molar-refractivity contribution in [3.8, 4) is 11.3 Å². The van der Waals surface area contributed by atoms with Gasteiger partial charge in [0.2, 0.25) is 11.9 Å². The lowest BCUT2D eigenvalue weighted by molar-refractivity contribution is -0.121. The Morgan fingerprint density at radius 2 is 2.00 bits per heavy atom. The van der Waals surface area contributed by atoms with Crippen LogP contribution in [0.25, 0.3) is 27.9 Å². The minimum absolute atomic E-state index is 0.00152. The van der Waals surface area contributed by atoms with Crippen LogP contribution in [0.1, 0.15) is 45.4 Å². The first-order valence-corrected chi connectivity index (χ1v) is 11.7. The molecule has 0 atom stereocenters. The van der Waals surface area contributed by atoms with Gasteiger partial charge in [0.15, 0.2) is 5.65 Å². The van der Waals surface area contributed by atoms with E-state index in [1.807, 2.05) is 18.3 Å². The molecular formula is C24H28F2N8O. The predicted molar refractivity (Wildman–Crippen MR) is 128 cm³/mol. The summed E-state index contributed by atoms with van der Waals surface area (Å²) in [7, 11) is 0. The van der Waals surface area contributed by atoms with Gasteiger partial charge in [-0.25, -0.2) is 28.2 Å². The van der Waals surface area contributed by atoms with E-state index < -0.39 is 13.0 Å². The first-order valence-electron chi connectivity index (χ1n) is 11.7. The summed E-state index contributed by atoms with van der Waals surface area (Å²) in [6.45, 7) is 4.89. The maximum atomic E-state index is 13.1. The van der Waals surface area contributed by atoms with Gasteiger partial charge in [0, 0.05) is 30.3 Å². The smallest absolute Gasteiger partial charge is 0.256 e. The number of amides is 1. The van der Waals surface area contributed by atoms with Crippen molar-refractivity contribution in [3.05, 3.63) is 36.4 Å². The number of imidazole rings is 1. The van der Waals surface area contributed by atoms with Crippen molar-refractivity contribution in [2.75, 3.05) is 5.32 Å². The molecule has 0 aliphatic heterocycles. The van der Waals surface area contributed by atoms with E-state index in [1.165, 1.54) is 4.57 Å². The fourth-order valence-electron chi connectivity index (χ4n) is 4.94. The highest BCUT2D eigenvalue weighted by atomic mass is 19.3. The number of fused-ring (bicyclic) bond motifs is 2. The Morgan fingerprint density at radius 1 is 1.23 bits per heavy atom. The number of carbonyl (C=O) groups excluding carboxylic acids is 1. The van der Waals surface area contributed by atoms with Gasteiger partial charge in [0.05, 0.1) is 24.0 Å². The summed E-state index contributed by atoms with van der Waals surface area (Å²) in [4.78, 5) is 25.0. The SMILES string of the molecule is CC(=O)NC1(C)CCC(Nc2ncc3c(-c4ccc5nc(C)n(CC(F)F)c5n4)ccn3n2)CC1. The zero-order valence-electron chi connectivity index (χ0n) is 19.9. The molecule has 35 heavy (non-hydrogen) atoms. The Bertz CT molecular complexity index is 1390. The molecule has 0 spiro atoms. The summed E-state index contributed by atoms with van der Waals surface area (Å²) in [5.41, 5.74) is 3.07. The van der Waals surface area contributed by atoms with Crippen LogP contribution in [0.3, 0.4) is 0 Å². The first-order chi connectivity index (χ1) is 16.7. The predicted octanol–water partition coefficient (Wildman–Crippen LogP) is 3.96. The van der Waals surface area contributed by atoms with E-state index in [4.69, 9.17) is 0 Å². The third-order valence-electron chi connectivity index (χ3n) is 6.70. The van der Waals surface area contributed by atoms with E-state index in [2.05, 4.69) is 37.6 Å². The summed E-state index contributed by atoms with van der Waals surface area (Å²) >= 11 is 0. The number of hydrogen-bond acceptors (Lipinski definition) is 6. The monoisotopic (exact) mass is 482 g/mol. The number of nitrogens with one attached hydrogen (secondary N) is 2. The van der Waals surface area contributed by atoms with Crippen LogP contribution in [0.15, 0.2) is 30.6 Å². The zero-order valence-corrected chi connectivity index (χ0v) is 19.9. The van der Waals surface area contributed by atoms with Crippen molar-refractivity contribution in [1.82, 2.24) is 34.4 Å². The topological polar surface area (TPSA) is 102 Å². The lowest BCUT2D eigenvalue weighted by Crippen LogP contribution is -2.49. The Morgan fingerprint density at radius 3 is 2.71 bits per heavy atom. The van der Waals surface area contributed by atoms with E-state index in [0.717, 1.165) is 36.8 Å². The van der Waals surface area contributed by atoms with Crippen molar-refractivity contribution in [1.29, 1.82) is 0 Å². The first kappa shape index (κ1) is 23.1. The highest BCUT2D eigenvalue weighted by molar-refractivity contribution is 5.82. The average molecular weight is 483 g/mol. The van der Waals surface area contributed by atoms with Crippen molar-refractivity contribution in [3.63, 3.8) is 0 Å². The van der Waals surface area contributed by atoms with Crippen LogP contribution in [0.4, 0.5) is 14.7 Å². The third-order valence-corrected chi connectivity index (χ3v) is 6.70. The molecule has 184 valence electrons. The average Bonchev–Trinajstić information content (AvgIpc) is 3.35. The van der Waals surface area contributed by atoms with Gasteiger partial charge >= 0.3 is 0 Å². The number of carbonyl (C=O) groups is 1. The number of aromatic nitrogens is 6. The number of aryl methyl sites for hydroxylation is 1. The molecule has 1 aliphatic rings. The third kappa shape index (κ3) is 4.67. The summed E-state index contributed by atoms with van der Waals surface area (Å²) in [6.07, 6.45) is 4.67. The van der Waals surface area contributed by atoms with Crippen LogP contribution in [0, 0.1) is 6.92 Å². The molecule has 0 bridgehead atoms. The fraction of sp³-hybridized carbons (Fsp3) is 0.458. The fourth-order valence-corrected chi connectivity index (χ4v) is 4.94. The van der Waals surface area contributed by atoms with Crippen molar-refractivity contribution in [2.24, 2.45) is 0 Å². The van der Waals surface area contributed by atoms with Crippen LogP contribution in [-0.2, 0) is 11.3 Å². The van der Waals surface area contributed by atoms with Gasteiger partial charge in [-0.2, -0.15) is 0 Å². The van der Waals surface area contributed by atoms with Crippen LogP contribution in [0.5, 0.6) is 0 Å². The Kier molecular flexibility index (Phi) is 5.86. The number of pyridine rings is 1. The van der Waals surface area contributed by atoms with Gasteiger partial charge in [-0.3, -0.25) is 4.79 Å². The Labute approximate surface area is 201 Å². The van der Waals surface area contributed by atoms with Crippen LogP contribution in [-0.4, -0.2) is 53.0 Å². The second kappa shape index (κ2) is 8.86. The normalized spacial score (nSPS) is 20.6. The number of anilines is 1. The molecular weight excluding hydrogens is 454 g/mol. The van der Waals surface area contributed by atoms with Gasteiger partial charge < -0.3 is 15.2 Å². The quantitative estimate of drug-likeness (QED) is 0.431. The Balaban J connectivity index is 1.36. The molecule has 11 heteroatoms. The molecule has 0 radical (unpaired) electrons. The minimum Gasteiger partial charge on any atom is -0.351 e. The number of halogens is 2. The van der Waals surface area contributed by atoms with Gasteiger partial charge in [-0.15, -0.1) is 5.10 Å². The molecule has 2 N–H and O–H groups in total. The molecule has 1 saturated carbocycles. The van der Waals surface area contributed by atoms with Crippen LogP contribution in [0.2, 0.25) is 0 Å². The molecule has 0 unspecified atom stereocenters. The van der Waals surface area contributed by atoms with E-state index in [0.29, 0.717) is 28.6 Å². The molecule has 5 rings (SSSR count). The van der Waals surface area contributed by atoms with Gasteiger partial charge in [0.25, 0.3) is 6.43 Å². The van der Waals surface area contributed by atoms with Gasteiger partial charge in [0.1, 0.15) is 11.3 Å². The molecule has 1 fully saturated rings. The number of rotatable bonds is 6. The second-order valence-corrected chi connectivity index (χ2v) is 9.50. The second-order valence-electron chi connectivity index (χ2n) is 9.50. The van der Waals surface area contributed by atoms with Crippen LogP contribution < -0.4 is 10.6 Å². The van der Waals surface area contributed by atoms with Crippen molar-refractivity contribution >= 4 is 28.5 Å². The molecule has 4 aromatic rings. The highest BCUT2D eigenvalue weighted by Crippen LogP contribution is 2.30. The number of hydrogen-bond donors (Lipinski definition) is 2. The van der Waals surface area contributed by atoms with Gasteiger partial charge in [-0.1, -0.05) is 0 Å². The number of alkyl halides is 2. The Hall–Kier alpha value is -3.63. The largest absolute Gasteiger partial charge is 0.351 e. The lowest BCUT2D eigenvalue weighted by Gasteiger charge is -2.38. The molecule has 1 aliphatic carbocycles. The molecule has 1 amide bonds. The summed E-state index contributed by atoms with van der Waals surface area (Å²) in [5.74, 6) is 1.03. The van der Waals surface area contributed by atoms with Crippen molar-refractivity contribution in [2.45, 2.75) is 71.0 Å².